The first-order valence-electron chi connectivity index (χ1n) is 11.4. The monoisotopic (exact) mass is 466 g/mol. The molecule has 4 aromatic carbocycles. The van der Waals surface area contributed by atoms with E-state index in [4.69, 9.17) is 0 Å². The number of nitrogens with zero attached hydrogens (tertiary/aromatic N) is 1. The third-order valence-corrected chi connectivity index (χ3v) is 6.03. The Labute approximate surface area is 202 Å². The minimum Gasteiger partial charge on any atom is -0.187 e. The maximum Gasteiger partial charge on any atom is 0.416 e. The van der Waals surface area contributed by atoms with Gasteiger partial charge >= 0.3 is 6.18 Å². The Balaban J connectivity index is 1.72. The molecule has 5 aromatic rings. The average Bonchev–Trinajstić information content (AvgIpc) is 2.90. The highest BCUT2D eigenvalue weighted by atomic mass is 19.4. The van der Waals surface area contributed by atoms with E-state index in [-0.39, 0.29) is 0 Å². The zero-order valence-corrected chi connectivity index (χ0v) is 18.9. The fraction of sp³-hybridized carbons (Fsp3) is 0.0645. The molecule has 0 unspecified atom stereocenters. The lowest BCUT2D eigenvalue weighted by Gasteiger charge is -2.13. The van der Waals surface area contributed by atoms with Gasteiger partial charge < -0.3 is 0 Å². The first kappa shape index (κ1) is 22.6. The quantitative estimate of drug-likeness (QED) is 0.231. The SMILES string of the molecule is FC(F)(F)c1ccc(C[n+]2c(-c3ccccc3)cc(-c3ccccc3)cc2-c2ccccc2)cc1. The van der Waals surface area contributed by atoms with Crippen LogP contribution < -0.4 is 4.57 Å². The molecule has 0 fully saturated rings. The molecule has 0 N–H and O–H groups in total. The van der Waals surface area contributed by atoms with Crippen LogP contribution in [0.25, 0.3) is 33.6 Å². The van der Waals surface area contributed by atoms with Gasteiger partial charge in [-0.15, -0.1) is 0 Å². The molecule has 0 atom stereocenters. The summed E-state index contributed by atoms with van der Waals surface area (Å²) in [5, 5.41) is 0. The maximum absolute atomic E-state index is 13.1. The molecular formula is C31H23F3N+. The molecule has 0 radical (unpaired) electrons. The van der Waals surface area contributed by atoms with Crippen LogP contribution in [0.3, 0.4) is 0 Å². The summed E-state index contributed by atoms with van der Waals surface area (Å²) < 4.78 is 41.5. The van der Waals surface area contributed by atoms with Crippen LogP contribution in [0, 0.1) is 0 Å². The lowest BCUT2D eigenvalue weighted by atomic mass is 9.98. The van der Waals surface area contributed by atoms with Crippen molar-refractivity contribution in [1.29, 1.82) is 0 Å². The number of pyridine rings is 1. The number of rotatable bonds is 5. The van der Waals surface area contributed by atoms with E-state index in [1.807, 2.05) is 54.6 Å². The highest BCUT2D eigenvalue weighted by Crippen LogP contribution is 2.31. The van der Waals surface area contributed by atoms with Crippen LogP contribution in [0.2, 0.25) is 0 Å². The topological polar surface area (TPSA) is 3.88 Å². The Kier molecular flexibility index (Phi) is 6.19. The Morgan fingerprint density at radius 3 is 1.34 bits per heavy atom. The van der Waals surface area contributed by atoms with Crippen LogP contribution in [0.15, 0.2) is 127 Å². The van der Waals surface area contributed by atoms with Gasteiger partial charge in [-0.1, -0.05) is 78.9 Å². The summed E-state index contributed by atoms with van der Waals surface area (Å²) in [6, 6.07) is 40.1. The van der Waals surface area contributed by atoms with Gasteiger partial charge in [0.25, 0.3) is 0 Å². The number of halogens is 3. The van der Waals surface area contributed by atoms with Gasteiger partial charge in [0.05, 0.1) is 5.56 Å². The minimum atomic E-state index is -4.35. The zero-order valence-electron chi connectivity index (χ0n) is 18.9. The van der Waals surface area contributed by atoms with E-state index in [2.05, 4.69) is 53.1 Å². The number of hydrogen-bond donors (Lipinski definition) is 0. The molecule has 0 spiro atoms. The Hall–Kier alpha value is -4.18. The molecule has 0 saturated heterocycles. The number of hydrogen-bond acceptors (Lipinski definition) is 0. The summed E-state index contributed by atoms with van der Waals surface area (Å²) in [7, 11) is 0. The molecule has 0 amide bonds. The standard InChI is InChI=1S/C31H23F3N/c32-31(33,34)28-18-16-23(17-19-28)22-35-29(25-12-6-2-7-13-25)20-27(24-10-4-1-5-11-24)21-30(35)26-14-8-3-9-15-26/h1-21H,22H2/q+1. The summed E-state index contributed by atoms with van der Waals surface area (Å²) in [5.74, 6) is 0. The molecule has 5 rings (SSSR count). The van der Waals surface area contributed by atoms with Crippen LogP contribution in [0.5, 0.6) is 0 Å². The van der Waals surface area contributed by atoms with Gasteiger partial charge in [0, 0.05) is 28.8 Å². The van der Waals surface area contributed by atoms with Crippen molar-refractivity contribution in [1.82, 2.24) is 0 Å². The van der Waals surface area contributed by atoms with Crippen LogP contribution in [-0.4, -0.2) is 0 Å². The van der Waals surface area contributed by atoms with Crippen molar-refractivity contribution < 1.29 is 17.7 Å². The van der Waals surface area contributed by atoms with Crippen LogP contribution in [0.1, 0.15) is 11.1 Å². The lowest BCUT2D eigenvalue weighted by Crippen LogP contribution is -2.39. The summed E-state index contributed by atoms with van der Waals surface area (Å²) in [4.78, 5) is 0. The number of aromatic nitrogens is 1. The van der Waals surface area contributed by atoms with E-state index >= 15 is 0 Å². The summed E-state index contributed by atoms with van der Waals surface area (Å²) in [5.41, 5.74) is 6.39. The van der Waals surface area contributed by atoms with Crippen LogP contribution in [0.4, 0.5) is 13.2 Å². The van der Waals surface area contributed by atoms with Crippen molar-refractivity contribution in [2.45, 2.75) is 12.7 Å². The van der Waals surface area contributed by atoms with Gasteiger partial charge in [0.1, 0.15) is 0 Å². The van der Waals surface area contributed by atoms with Crippen LogP contribution >= 0.6 is 0 Å². The van der Waals surface area contributed by atoms with Crippen molar-refractivity contribution in [3.63, 3.8) is 0 Å². The second kappa shape index (κ2) is 9.59. The zero-order chi connectivity index (χ0) is 24.3. The van der Waals surface area contributed by atoms with E-state index in [1.54, 1.807) is 12.1 Å². The van der Waals surface area contributed by atoms with E-state index in [1.165, 1.54) is 0 Å². The summed E-state index contributed by atoms with van der Waals surface area (Å²) in [6.45, 7) is 0.432. The molecule has 0 aliphatic heterocycles. The second-order valence-corrected chi connectivity index (χ2v) is 8.39. The molecule has 0 saturated carbocycles. The Bertz CT molecular complexity index is 1350. The second-order valence-electron chi connectivity index (χ2n) is 8.39. The third-order valence-electron chi connectivity index (χ3n) is 6.03. The summed E-state index contributed by atoms with van der Waals surface area (Å²) in [6.07, 6.45) is -4.35. The smallest absolute Gasteiger partial charge is 0.187 e. The van der Waals surface area contributed by atoms with Gasteiger partial charge in [-0.3, -0.25) is 0 Å². The molecule has 172 valence electrons. The predicted molar refractivity (Wildman–Crippen MR) is 133 cm³/mol. The maximum atomic E-state index is 13.1. The van der Waals surface area contributed by atoms with Crippen molar-refractivity contribution in [2.24, 2.45) is 0 Å². The highest BCUT2D eigenvalue weighted by molar-refractivity contribution is 5.73. The molecule has 0 bridgehead atoms. The molecule has 0 aliphatic carbocycles. The predicted octanol–water partition coefficient (Wildman–Crippen LogP) is 8.04. The van der Waals surface area contributed by atoms with Crippen molar-refractivity contribution in [3.8, 4) is 33.6 Å². The third kappa shape index (κ3) is 5.02. The first-order valence-corrected chi connectivity index (χ1v) is 11.4. The van der Waals surface area contributed by atoms with Crippen molar-refractivity contribution in [3.05, 3.63) is 139 Å². The molecule has 1 nitrogen and oxygen atoms in total. The van der Waals surface area contributed by atoms with E-state index in [9.17, 15) is 13.2 Å². The fourth-order valence-corrected chi connectivity index (χ4v) is 4.27. The van der Waals surface area contributed by atoms with Gasteiger partial charge in [-0.25, -0.2) is 0 Å². The molecule has 4 heteroatoms. The molecular weight excluding hydrogens is 443 g/mol. The largest absolute Gasteiger partial charge is 0.416 e. The van der Waals surface area contributed by atoms with Gasteiger partial charge in [0.2, 0.25) is 11.4 Å². The van der Waals surface area contributed by atoms with E-state index < -0.39 is 11.7 Å². The van der Waals surface area contributed by atoms with E-state index in [0.29, 0.717) is 6.54 Å². The first-order chi connectivity index (χ1) is 17.0. The Morgan fingerprint density at radius 2 is 0.914 bits per heavy atom. The molecule has 0 aliphatic rings. The summed E-state index contributed by atoms with van der Waals surface area (Å²) >= 11 is 0. The van der Waals surface area contributed by atoms with Crippen molar-refractivity contribution in [2.75, 3.05) is 0 Å². The van der Waals surface area contributed by atoms with Crippen molar-refractivity contribution >= 4 is 0 Å². The average molecular weight is 467 g/mol. The molecule has 1 aromatic heterocycles. The molecule has 35 heavy (non-hydrogen) atoms. The van der Waals surface area contributed by atoms with Gasteiger partial charge in [-0.2, -0.15) is 17.7 Å². The minimum absolute atomic E-state index is 0.432. The normalized spacial score (nSPS) is 11.4. The van der Waals surface area contributed by atoms with Gasteiger partial charge in [0.15, 0.2) is 6.54 Å². The van der Waals surface area contributed by atoms with Crippen LogP contribution in [-0.2, 0) is 12.7 Å². The molecule has 1 heterocycles. The fourth-order valence-electron chi connectivity index (χ4n) is 4.27. The van der Waals surface area contributed by atoms with Gasteiger partial charge in [-0.05, 0) is 47.5 Å². The lowest BCUT2D eigenvalue weighted by molar-refractivity contribution is -0.666. The Morgan fingerprint density at radius 1 is 0.486 bits per heavy atom. The number of benzene rings is 4. The highest BCUT2D eigenvalue weighted by Gasteiger charge is 2.30. The van der Waals surface area contributed by atoms with E-state index in [0.717, 1.165) is 51.3 Å². The number of alkyl halides is 3.